The molecule has 0 aliphatic carbocycles. The van der Waals surface area contributed by atoms with Gasteiger partial charge in [0, 0.05) is 5.56 Å². The lowest BCUT2D eigenvalue weighted by Gasteiger charge is -2.27. The highest BCUT2D eigenvalue weighted by Crippen LogP contribution is 2.45. The Kier molecular flexibility index (Phi) is 6.76. The normalized spacial score (nSPS) is 13.0. The second-order valence-corrected chi connectivity index (χ2v) is 6.44. The summed E-state index contributed by atoms with van der Waals surface area (Å²) in [7, 11) is 0. The van der Waals surface area contributed by atoms with Crippen molar-refractivity contribution in [1.82, 2.24) is 5.43 Å². The van der Waals surface area contributed by atoms with E-state index >= 15 is 0 Å². The van der Waals surface area contributed by atoms with Crippen LogP contribution in [0, 0.1) is 5.82 Å². The van der Waals surface area contributed by atoms with Crippen LogP contribution in [0.3, 0.4) is 0 Å². The van der Waals surface area contributed by atoms with Crippen LogP contribution in [0.1, 0.15) is 11.1 Å². The van der Waals surface area contributed by atoms with Gasteiger partial charge in [-0.25, -0.2) is 9.82 Å². The van der Waals surface area contributed by atoms with Crippen LogP contribution >= 0.6 is 15.9 Å². The number of hydrogen-bond acceptors (Lipinski definition) is 3. The summed E-state index contributed by atoms with van der Waals surface area (Å²) >= 11 is 3.11. The van der Waals surface area contributed by atoms with Gasteiger partial charge in [0.15, 0.2) is 0 Å². The summed E-state index contributed by atoms with van der Waals surface area (Å²) < 4.78 is 107. The molecule has 2 aromatic rings. The van der Waals surface area contributed by atoms with E-state index in [-0.39, 0.29) is 28.0 Å². The first-order valence-corrected chi connectivity index (χ1v) is 8.43. The first-order chi connectivity index (χ1) is 13.3. The van der Waals surface area contributed by atoms with Gasteiger partial charge in [-0.2, -0.15) is 35.8 Å². The zero-order chi connectivity index (χ0) is 21.9. The van der Waals surface area contributed by atoms with Gasteiger partial charge in [-0.05, 0) is 45.8 Å². The fourth-order valence-electron chi connectivity index (χ4n) is 1.92. The number of nitrogens with one attached hydrogen (secondary N) is 1. The van der Waals surface area contributed by atoms with Crippen molar-refractivity contribution in [3.05, 3.63) is 63.9 Å². The van der Waals surface area contributed by atoms with Gasteiger partial charge in [-0.3, -0.25) is 0 Å². The second-order valence-electron chi connectivity index (χ2n) is 5.59. The van der Waals surface area contributed by atoms with Gasteiger partial charge in [0.25, 0.3) is 0 Å². The SMILES string of the molecule is Fc1ccccc1COc1ccc(/C=N/NC(F)(F)C(F)(F)C(F)(F)F)cc1Br. The lowest BCUT2D eigenvalue weighted by atomic mass is 10.2. The van der Waals surface area contributed by atoms with Crippen LogP contribution in [0.15, 0.2) is 52.0 Å². The van der Waals surface area contributed by atoms with E-state index in [4.69, 9.17) is 4.74 Å². The molecular weight excluding hydrogens is 480 g/mol. The highest BCUT2D eigenvalue weighted by atomic mass is 79.9. The van der Waals surface area contributed by atoms with Gasteiger partial charge in [-0.15, -0.1) is 0 Å². The van der Waals surface area contributed by atoms with E-state index in [0.29, 0.717) is 11.6 Å². The molecule has 0 amide bonds. The van der Waals surface area contributed by atoms with Crippen LogP contribution in [-0.2, 0) is 6.61 Å². The zero-order valence-electron chi connectivity index (χ0n) is 14.1. The smallest absolute Gasteiger partial charge is 0.462 e. The van der Waals surface area contributed by atoms with Gasteiger partial charge in [0.2, 0.25) is 0 Å². The Balaban J connectivity index is 2.04. The molecule has 158 valence electrons. The molecule has 0 aromatic heterocycles. The third-order valence-corrected chi connectivity index (χ3v) is 4.09. The first kappa shape index (κ1) is 22.9. The summed E-state index contributed by atoms with van der Waals surface area (Å²) in [5.41, 5.74) is 0.876. The molecule has 0 heterocycles. The van der Waals surface area contributed by atoms with Crippen molar-refractivity contribution >= 4 is 22.1 Å². The maximum absolute atomic E-state index is 13.5. The molecule has 0 atom stereocenters. The van der Waals surface area contributed by atoms with E-state index in [1.807, 2.05) is 0 Å². The van der Waals surface area contributed by atoms with E-state index in [0.717, 1.165) is 0 Å². The third kappa shape index (κ3) is 5.37. The summed E-state index contributed by atoms with van der Waals surface area (Å²) in [4.78, 5) is 0. The van der Waals surface area contributed by atoms with E-state index in [1.165, 1.54) is 36.4 Å². The Morgan fingerprint density at radius 2 is 1.66 bits per heavy atom. The van der Waals surface area contributed by atoms with Gasteiger partial charge in [0.05, 0.1) is 10.7 Å². The predicted molar refractivity (Wildman–Crippen MR) is 91.6 cm³/mol. The molecule has 0 spiro atoms. The van der Waals surface area contributed by atoms with Crippen molar-refractivity contribution in [3.8, 4) is 5.75 Å². The standard InChI is InChI=1S/C17H11BrF8N2O/c18-12-7-10(8-27-28-17(25,26)15(20,21)16(22,23)24)5-6-14(12)29-9-11-3-1-2-4-13(11)19/h1-8,28H,9H2/b27-8+. The Hall–Kier alpha value is -2.37. The molecule has 3 nitrogen and oxygen atoms in total. The van der Waals surface area contributed by atoms with Crippen molar-refractivity contribution in [1.29, 1.82) is 0 Å². The molecule has 0 bridgehead atoms. The molecule has 0 saturated carbocycles. The maximum atomic E-state index is 13.5. The molecule has 0 fully saturated rings. The number of alkyl halides is 7. The lowest BCUT2D eigenvalue weighted by molar-refractivity contribution is -0.361. The van der Waals surface area contributed by atoms with E-state index in [2.05, 4.69) is 21.0 Å². The molecule has 0 aliphatic heterocycles. The van der Waals surface area contributed by atoms with Crippen molar-refractivity contribution in [3.63, 3.8) is 0 Å². The number of rotatable bonds is 7. The van der Waals surface area contributed by atoms with E-state index < -0.39 is 24.0 Å². The van der Waals surface area contributed by atoms with E-state index in [1.54, 1.807) is 6.07 Å². The molecule has 1 N–H and O–H groups in total. The van der Waals surface area contributed by atoms with Crippen molar-refractivity contribution in [2.75, 3.05) is 0 Å². The molecule has 12 heteroatoms. The quantitative estimate of drug-likeness (QED) is 0.227. The second kappa shape index (κ2) is 8.56. The summed E-state index contributed by atoms with van der Waals surface area (Å²) in [6, 6.07) is 4.11. The fourth-order valence-corrected chi connectivity index (χ4v) is 2.43. The van der Waals surface area contributed by atoms with Crippen molar-refractivity contribution in [2.45, 2.75) is 24.8 Å². The highest BCUT2D eigenvalue weighted by Gasteiger charge is 2.73. The van der Waals surface area contributed by atoms with E-state index in [9.17, 15) is 35.1 Å². The van der Waals surface area contributed by atoms with Gasteiger partial charge in [0.1, 0.15) is 18.2 Å². The average Bonchev–Trinajstić information content (AvgIpc) is 2.61. The number of hydrazone groups is 1. The molecule has 0 unspecified atom stereocenters. The minimum atomic E-state index is -6.46. The molecule has 0 saturated heterocycles. The molecule has 2 aromatic carbocycles. The molecule has 0 aliphatic rings. The Morgan fingerprint density at radius 1 is 1.00 bits per heavy atom. The number of nitrogens with zero attached hydrogens (tertiary/aromatic N) is 1. The zero-order valence-corrected chi connectivity index (χ0v) is 15.7. The Labute approximate surface area is 167 Å². The summed E-state index contributed by atoms with van der Waals surface area (Å²) in [6.45, 7) is -0.112. The summed E-state index contributed by atoms with van der Waals surface area (Å²) in [6.07, 6.45) is -5.84. The van der Waals surface area contributed by atoms with Gasteiger partial charge in [-0.1, -0.05) is 18.2 Å². The van der Waals surface area contributed by atoms with Crippen molar-refractivity contribution < 1.29 is 39.9 Å². The number of benzene rings is 2. The number of ether oxygens (including phenoxy) is 1. The van der Waals surface area contributed by atoms with Crippen LogP contribution < -0.4 is 10.2 Å². The fraction of sp³-hybridized carbons (Fsp3) is 0.235. The third-order valence-electron chi connectivity index (χ3n) is 3.47. The Morgan fingerprint density at radius 3 is 2.24 bits per heavy atom. The molecule has 29 heavy (non-hydrogen) atoms. The van der Waals surface area contributed by atoms with Crippen molar-refractivity contribution in [2.24, 2.45) is 5.10 Å². The molecule has 2 rings (SSSR count). The van der Waals surface area contributed by atoms with Gasteiger partial charge < -0.3 is 4.74 Å². The number of hydrogen-bond donors (Lipinski definition) is 1. The van der Waals surface area contributed by atoms with Crippen LogP contribution in [0.5, 0.6) is 5.75 Å². The van der Waals surface area contributed by atoms with Crippen LogP contribution in [0.2, 0.25) is 0 Å². The summed E-state index contributed by atoms with van der Waals surface area (Å²) in [5.74, 6) is -6.55. The maximum Gasteiger partial charge on any atom is 0.462 e. The summed E-state index contributed by atoms with van der Waals surface area (Å²) in [5, 5.41) is 2.75. The average molecular weight is 491 g/mol. The van der Waals surface area contributed by atoms with Crippen LogP contribution in [-0.4, -0.2) is 24.4 Å². The minimum Gasteiger partial charge on any atom is -0.488 e. The highest BCUT2D eigenvalue weighted by molar-refractivity contribution is 9.10. The first-order valence-electron chi connectivity index (χ1n) is 7.63. The number of halogens is 9. The molecule has 0 radical (unpaired) electrons. The Bertz CT molecular complexity index is 886. The minimum absolute atomic E-state index is 0.0775. The van der Waals surface area contributed by atoms with Gasteiger partial charge >= 0.3 is 18.1 Å². The lowest BCUT2D eigenvalue weighted by Crippen LogP contribution is -2.58. The molecular formula is C17H11BrF8N2O. The monoisotopic (exact) mass is 490 g/mol. The topological polar surface area (TPSA) is 33.6 Å². The largest absolute Gasteiger partial charge is 0.488 e. The van der Waals surface area contributed by atoms with Crippen LogP contribution in [0.25, 0.3) is 0 Å². The predicted octanol–water partition coefficient (Wildman–Crippen LogP) is 5.88. The van der Waals surface area contributed by atoms with Crippen LogP contribution in [0.4, 0.5) is 35.1 Å².